The van der Waals surface area contributed by atoms with E-state index in [1.54, 1.807) is 7.05 Å². The van der Waals surface area contributed by atoms with Gasteiger partial charge >= 0.3 is 6.03 Å². The van der Waals surface area contributed by atoms with E-state index in [1.807, 2.05) is 44.2 Å². The molecule has 0 spiro atoms. The van der Waals surface area contributed by atoms with Crippen LogP contribution in [0, 0.1) is 5.92 Å². The average Bonchev–Trinajstić information content (AvgIpc) is 3.31. The summed E-state index contributed by atoms with van der Waals surface area (Å²) >= 11 is 0. The maximum absolute atomic E-state index is 12.9. The topological polar surface area (TPSA) is 123 Å². The first kappa shape index (κ1) is 29.7. The lowest BCUT2D eigenvalue weighted by molar-refractivity contribution is 0.204. The van der Waals surface area contributed by atoms with Gasteiger partial charge in [-0.2, -0.15) is 5.10 Å². The molecular weight excluding hydrogens is 478 g/mol. The predicted octanol–water partition coefficient (Wildman–Crippen LogP) is 2.93. The van der Waals surface area contributed by atoms with Crippen LogP contribution in [0.15, 0.2) is 30.3 Å². The van der Waals surface area contributed by atoms with Crippen LogP contribution in [-0.2, 0) is 23.0 Å². The minimum atomic E-state index is -3.53. The molecule has 0 radical (unpaired) electrons. The number of rotatable bonds is 16. The van der Waals surface area contributed by atoms with Crippen LogP contribution in [0.2, 0.25) is 0 Å². The van der Waals surface area contributed by atoms with Gasteiger partial charge in [0.25, 0.3) is 0 Å². The Morgan fingerprint density at radius 1 is 1.14 bits per heavy atom. The van der Waals surface area contributed by atoms with E-state index in [4.69, 9.17) is 0 Å². The minimum absolute atomic E-state index is 0.0467. The second kappa shape index (κ2) is 14.9. The summed E-state index contributed by atoms with van der Waals surface area (Å²) in [5, 5.41) is 10.0. The first-order chi connectivity index (χ1) is 17.1. The Morgan fingerprint density at radius 2 is 1.83 bits per heavy atom. The molecule has 2 aromatic rings. The van der Waals surface area contributed by atoms with Crippen molar-refractivity contribution in [3.63, 3.8) is 0 Å². The van der Waals surface area contributed by atoms with Gasteiger partial charge in [0.1, 0.15) is 5.82 Å². The Hall–Kier alpha value is -2.50. The molecule has 0 aliphatic rings. The third-order valence-corrected chi connectivity index (χ3v) is 7.40. The smallest absolute Gasteiger partial charge is 0.317 e. The zero-order chi connectivity index (χ0) is 26.6. The van der Waals surface area contributed by atoms with Crippen molar-refractivity contribution in [2.75, 3.05) is 39.0 Å². The molecule has 0 fully saturated rings. The summed E-state index contributed by atoms with van der Waals surface area (Å²) in [6.07, 6.45) is 1.76. The Kier molecular flexibility index (Phi) is 12.3. The molecule has 36 heavy (non-hydrogen) atoms. The molecule has 1 atom stereocenters. The number of nitrogens with one attached hydrogen (secondary N) is 3. The summed E-state index contributed by atoms with van der Waals surface area (Å²) in [5.41, 5.74) is 1.12. The molecule has 1 aromatic heterocycles. The maximum Gasteiger partial charge on any atom is 0.317 e. The van der Waals surface area contributed by atoms with E-state index in [1.165, 1.54) is 4.90 Å². The van der Waals surface area contributed by atoms with Crippen molar-refractivity contribution in [3.05, 3.63) is 47.5 Å². The second-order valence-electron chi connectivity index (χ2n) is 9.47. The molecule has 0 aliphatic heterocycles. The van der Waals surface area contributed by atoms with Crippen molar-refractivity contribution in [1.29, 1.82) is 0 Å². The van der Waals surface area contributed by atoms with E-state index in [0.717, 1.165) is 25.2 Å². The largest absolute Gasteiger partial charge is 0.338 e. The number of hydrogen-bond donors (Lipinski definition) is 3. The lowest BCUT2D eigenvalue weighted by Crippen LogP contribution is -2.38. The Labute approximate surface area is 216 Å². The van der Waals surface area contributed by atoms with E-state index < -0.39 is 16.1 Å². The van der Waals surface area contributed by atoms with E-state index in [-0.39, 0.29) is 18.3 Å². The van der Waals surface area contributed by atoms with Gasteiger partial charge in [-0.25, -0.2) is 22.9 Å². The number of nitrogens with zero attached hydrogens (tertiary/aromatic N) is 4. The number of carbonyl (C=O) groups is 1. The highest BCUT2D eigenvalue weighted by molar-refractivity contribution is 7.89. The number of H-pyrrole nitrogens is 1. The number of aromatic amines is 1. The average molecular weight is 522 g/mol. The predicted molar refractivity (Wildman–Crippen MR) is 143 cm³/mol. The number of benzene rings is 1. The Bertz CT molecular complexity index is 1010. The van der Waals surface area contributed by atoms with Crippen molar-refractivity contribution in [3.8, 4) is 0 Å². The lowest BCUT2D eigenvalue weighted by atomic mass is 10.1. The molecular formula is C25H43N7O3S. The highest BCUT2D eigenvalue weighted by Crippen LogP contribution is 2.18. The third-order valence-electron chi connectivity index (χ3n) is 5.93. The quantitative estimate of drug-likeness (QED) is 0.312. The molecule has 0 unspecified atom stereocenters. The van der Waals surface area contributed by atoms with Crippen LogP contribution in [0.5, 0.6) is 0 Å². The zero-order valence-electron chi connectivity index (χ0n) is 22.3. The van der Waals surface area contributed by atoms with Gasteiger partial charge < -0.3 is 15.1 Å². The first-order valence-electron chi connectivity index (χ1n) is 12.8. The maximum atomic E-state index is 12.9. The Balaban J connectivity index is 2.08. The van der Waals surface area contributed by atoms with Gasteiger partial charge in [0.05, 0.1) is 18.3 Å². The van der Waals surface area contributed by atoms with Crippen LogP contribution in [0.3, 0.4) is 0 Å². The molecule has 2 rings (SSSR count). The van der Waals surface area contributed by atoms with E-state index >= 15 is 0 Å². The number of aromatic nitrogens is 3. The molecule has 11 heteroatoms. The fourth-order valence-corrected chi connectivity index (χ4v) is 5.04. The van der Waals surface area contributed by atoms with Gasteiger partial charge in [-0.3, -0.25) is 5.10 Å². The van der Waals surface area contributed by atoms with Crippen LogP contribution < -0.4 is 10.0 Å². The molecule has 3 N–H and O–H groups in total. The second-order valence-corrected chi connectivity index (χ2v) is 11.3. The van der Waals surface area contributed by atoms with E-state index in [2.05, 4.69) is 44.0 Å². The number of urea groups is 1. The van der Waals surface area contributed by atoms with Gasteiger partial charge in [-0.1, -0.05) is 58.0 Å². The van der Waals surface area contributed by atoms with Gasteiger partial charge in [0.2, 0.25) is 10.0 Å². The van der Waals surface area contributed by atoms with Crippen LogP contribution in [-0.4, -0.2) is 78.4 Å². The zero-order valence-corrected chi connectivity index (χ0v) is 23.1. The normalized spacial score (nSPS) is 12.8. The molecule has 10 nitrogen and oxygen atoms in total. The van der Waals surface area contributed by atoms with Crippen molar-refractivity contribution >= 4 is 16.1 Å². The number of hydrogen-bond acceptors (Lipinski definition) is 6. The van der Waals surface area contributed by atoms with Crippen molar-refractivity contribution in [2.24, 2.45) is 5.92 Å². The number of aryl methyl sites for hydroxylation is 1. The SMILES string of the molecule is CCN(CC)CCCS(=O)(=O)N[C@H](CCc1ccccc1)c1nc(CN(C)C(=O)NCC(C)C)n[nH]1. The van der Waals surface area contributed by atoms with Crippen LogP contribution >= 0.6 is 0 Å². The number of amides is 2. The standard InChI is InChI=1S/C25H43N7O3S/c1-6-32(7-2)16-11-17-36(34,35)30-22(15-14-21-12-9-8-10-13-21)24-27-23(28-29-24)19-31(5)25(33)26-18-20(3)4/h8-10,12-13,20,22,30H,6-7,11,14-19H2,1-5H3,(H,26,33)(H,27,28,29)/t22-/m1/s1. The van der Waals surface area contributed by atoms with Crippen molar-refractivity contribution < 1.29 is 13.2 Å². The van der Waals surface area contributed by atoms with E-state index in [0.29, 0.717) is 43.4 Å². The molecule has 0 bridgehead atoms. The van der Waals surface area contributed by atoms with Gasteiger partial charge in [-0.15, -0.1) is 0 Å². The molecule has 0 aliphatic carbocycles. The molecule has 0 saturated carbocycles. The van der Waals surface area contributed by atoms with Crippen LogP contribution in [0.1, 0.15) is 63.8 Å². The molecule has 1 aromatic carbocycles. The lowest BCUT2D eigenvalue weighted by Gasteiger charge is -2.19. The summed E-state index contributed by atoms with van der Waals surface area (Å²) in [6, 6.07) is 9.17. The van der Waals surface area contributed by atoms with Crippen molar-refractivity contribution in [2.45, 2.75) is 59.5 Å². The summed E-state index contributed by atoms with van der Waals surface area (Å²) in [6.45, 7) is 11.5. The summed E-state index contributed by atoms with van der Waals surface area (Å²) in [5.74, 6) is 1.27. The molecule has 1 heterocycles. The molecule has 2 amide bonds. The van der Waals surface area contributed by atoms with Crippen molar-refractivity contribution in [1.82, 2.24) is 35.0 Å². The van der Waals surface area contributed by atoms with Crippen LogP contribution in [0.4, 0.5) is 4.79 Å². The monoisotopic (exact) mass is 521 g/mol. The highest BCUT2D eigenvalue weighted by atomic mass is 32.2. The van der Waals surface area contributed by atoms with E-state index in [9.17, 15) is 13.2 Å². The third kappa shape index (κ3) is 10.6. The summed E-state index contributed by atoms with van der Waals surface area (Å²) in [7, 11) is -1.85. The fourth-order valence-electron chi connectivity index (χ4n) is 3.75. The van der Waals surface area contributed by atoms with Gasteiger partial charge in [-0.05, 0) is 50.4 Å². The highest BCUT2D eigenvalue weighted by Gasteiger charge is 2.23. The number of sulfonamides is 1. The van der Waals surface area contributed by atoms with Crippen LogP contribution in [0.25, 0.3) is 0 Å². The first-order valence-corrected chi connectivity index (χ1v) is 14.4. The Morgan fingerprint density at radius 3 is 2.47 bits per heavy atom. The molecule has 0 saturated heterocycles. The van der Waals surface area contributed by atoms with Gasteiger partial charge in [0.15, 0.2) is 5.82 Å². The summed E-state index contributed by atoms with van der Waals surface area (Å²) in [4.78, 5) is 20.5. The minimum Gasteiger partial charge on any atom is -0.338 e. The van der Waals surface area contributed by atoms with Gasteiger partial charge in [0, 0.05) is 13.6 Å². The number of carbonyl (C=O) groups excluding carboxylic acids is 1. The molecule has 202 valence electrons. The fraction of sp³-hybridized carbons (Fsp3) is 0.640. The summed E-state index contributed by atoms with van der Waals surface area (Å²) < 4.78 is 28.7.